The third kappa shape index (κ3) is 4.90. The maximum absolute atomic E-state index is 11.8. The molecule has 0 aromatic rings. The van der Waals surface area contributed by atoms with Gasteiger partial charge in [0.15, 0.2) is 0 Å². The Morgan fingerprint density at radius 1 is 1.35 bits per heavy atom. The van der Waals surface area contributed by atoms with Gasteiger partial charge < -0.3 is 5.11 Å². The molecule has 0 amide bonds. The number of aliphatic hydroxyl groups excluding tert-OH is 1. The monoisotopic (exact) mass is 285 g/mol. The van der Waals surface area contributed by atoms with Gasteiger partial charge in [-0.1, -0.05) is 0 Å². The molecule has 17 heavy (non-hydrogen) atoms. The van der Waals surface area contributed by atoms with E-state index < -0.39 is 31.2 Å². The lowest BCUT2D eigenvalue weighted by atomic mass is 10.2. The van der Waals surface area contributed by atoms with E-state index in [9.17, 15) is 16.8 Å². The molecule has 0 spiro atoms. The SMILES string of the molecule is CC(O)CCNS(=O)(=O)C1CCS(=O)(=O)CC1. The summed E-state index contributed by atoms with van der Waals surface area (Å²) in [6.45, 7) is 1.77. The molecule has 0 aliphatic carbocycles. The Morgan fingerprint density at radius 3 is 2.35 bits per heavy atom. The predicted molar refractivity (Wildman–Crippen MR) is 64.9 cm³/mol. The maximum Gasteiger partial charge on any atom is 0.214 e. The molecule has 1 aliphatic heterocycles. The average Bonchev–Trinajstić information content (AvgIpc) is 2.15. The molecule has 1 saturated heterocycles. The molecule has 1 atom stereocenters. The van der Waals surface area contributed by atoms with Gasteiger partial charge in [0.2, 0.25) is 10.0 Å². The van der Waals surface area contributed by atoms with E-state index in [4.69, 9.17) is 5.11 Å². The molecule has 102 valence electrons. The molecule has 0 bridgehead atoms. The second-order valence-corrected chi connectivity index (χ2v) is 8.78. The molecule has 0 aromatic heterocycles. The molecule has 1 fully saturated rings. The molecule has 1 aliphatic rings. The fraction of sp³-hybridized carbons (Fsp3) is 1.00. The minimum atomic E-state index is -3.45. The van der Waals surface area contributed by atoms with E-state index in [0.29, 0.717) is 6.42 Å². The first-order valence-corrected chi connectivity index (χ1v) is 8.97. The standard InChI is InChI=1S/C9H19NO5S2/c1-8(11)2-5-10-17(14,15)9-3-6-16(12,13)7-4-9/h8-11H,2-7H2,1H3. The van der Waals surface area contributed by atoms with E-state index in [-0.39, 0.29) is 30.9 Å². The Labute approximate surface area is 102 Å². The summed E-state index contributed by atoms with van der Waals surface area (Å²) >= 11 is 0. The molecule has 1 rings (SSSR count). The smallest absolute Gasteiger partial charge is 0.214 e. The van der Waals surface area contributed by atoms with E-state index in [0.717, 1.165) is 0 Å². The Morgan fingerprint density at radius 2 is 1.88 bits per heavy atom. The zero-order valence-corrected chi connectivity index (χ0v) is 11.4. The fourth-order valence-corrected chi connectivity index (χ4v) is 4.99. The molecule has 0 radical (unpaired) electrons. The summed E-state index contributed by atoms with van der Waals surface area (Å²) in [6, 6.07) is 0. The van der Waals surface area contributed by atoms with E-state index in [1.807, 2.05) is 0 Å². The van der Waals surface area contributed by atoms with E-state index in [1.165, 1.54) is 0 Å². The lowest BCUT2D eigenvalue weighted by Crippen LogP contribution is -2.40. The number of sulfonamides is 1. The molecule has 1 unspecified atom stereocenters. The summed E-state index contributed by atoms with van der Waals surface area (Å²) in [7, 11) is -6.50. The third-order valence-electron chi connectivity index (χ3n) is 2.81. The Hall–Kier alpha value is -0.180. The molecular weight excluding hydrogens is 266 g/mol. The quantitative estimate of drug-likeness (QED) is 0.692. The van der Waals surface area contributed by atoms with Gasteiger partial charge in [-0.3, -0.25) is 0 Å². The van der Waals surface area contributed by atoms with Crippen LogP contribution in [0, 0.1) is 0 Å². The van der Waals surface area contributed by atoms with Gasteiger partial charge in [0.25, 0.3) is 0 Å². The molecule has 2 N–H and O–H groups in total. The van der Waals surface area contributed by atoms with Crippen molar-refractivity contribution in [3.05, 3.63) is 0 Å². The first-order valence-electron chi connectivity index (χ1n) is 5.60. The highest BCUT2D eigenvalue weighted by Gasteiger charge is 2.32. The van der Waals surface area contributed by atoms with Gasteiger partial charge in [0, 0.05) is 6.54 Å². The van der Waals surface area contributed by atoms with Crippen LogP contribution in [0.1, 0.15) is 26.2 Å². The average molecular weight is 285 g/mol. The van der Waals surface area contributed by atoms with Gasteiger partial charge in [0.05, 0.1) is 22.9 Å². The topological polar surface area (TPSA) is 101 Å². The summed E-state index contributed by atoms with van der Waals surface area (Å²) in [5, 5.41) is 8.39. The summed E-state index contributed by atoms with van der Waals surface area (Å²) in [5.41, 5.74) is 0. The lowest BCUT2D eigenvalue weighted by molar-refractivity contribution is 0.186. The van der Waals surface area contributed by atoms with Gasteiger partial charge >= 0.3 is 0 Å². The summed E-state index contributed by atoms with van der Waals surface area (Å²) in [6.07, 6.45) is 0.118. The molecule has 1 heterocycles. The molecule has 6 nitrogen and oxygen atoms in total. The van der Waals surface area contributed by atoms with Gasteiger partial charge in [-0.25, -0.2) is 21.6 Å². The Balaban J connectivity index is 2.49. The second-order valence-electron chi connectivity index (χ2n) is 4.43. The van der Waals surface area contributed by atoms with Crippen LogP contribution < -0.4 is 4.72 Å². The fourth-order valence-electron chi connectivity index (χ4n) is 1.71. The van der Waals surface area contributed by atoms with Crippen molar-refractivity contribution < 1.29 is 21.9 Å². The largest absolute Gasteiger partial charge is 0.393 e. The molecule has 8 heteroatoms. The van der Waals surface area contributed by atoms with Crippen molar-refractivity contribution in [3.8, 4) is 0 Å². The van der Waals surface area contributed by atoms with Gasteiger partial charge in [-0.15, -0.1) is 0 Å². The number of sulfone groups is 1. The van der Waals surface area contributed by atoms with Crippen LogP contribution >= 0.6 is 0 Å². The normalized spacial score (nSPS) is 23.4. The summed E-state index contributed by atoms with van der Waals surface area (Å²) in [4.78, 5) is 0. The number of rotatable bonds is 5. The Bertz CT molecular complexity index is 426. The highest BCUT2D eigenvalue weighted by atomic mass is 32.2. The highest BCUT2D eigenvalue weighted by molar-refractivity contribution is 7.92. The molecule has 0 saturated carbocycles. The van der Waals surface area contributed by atoms with Gasteiger partial charge in [-0.05, 0) is 26.2 Å². The third-order valence-corrected chi connectivity index (χ3v) is 6.48. The first kappa shape index (κ1) is 14.9. The van der Waals surface area contributed by atoms with Crippen molar-refractivity contribution in [3.63, 3.8) is 0 Å². The number of hydrogen-bond acceptors (Lipinski definition) is 5. The van der Waals surface area contributed by atoms with Crippen molar-refractivity contribution in [2.45, 2.75) is 37.5 Å². The van der Waals surface area contributed by atoms with E-state index >= 15 is 0 Å². The van der Waals surface area contributed by atoms with E-state index in [2.05, 4.69) is 4.72 Å². The number of hydrogen-bond donors (Lipinski definition) is 2. The van der Waals surface area contributed by atoms with Crippen LogP contribution in [-0.2, 0) is 19.9 Å². The van der Waals surface area contributed by atoms with Crippen LogP contribution in [0.15, 0.2) is 0 Å². The van der Waals surface area contributed by atoms with Crippen molar-refractivity contribution in [2.75, 3.05) is 18.1 Å². The zero-order chi connectivity index (χ0) is 13.1. The van der Waals surface area contributed by atoms with Crippen LogP contribution in [0.25, 0.3) is 0 Å². The van der Waals surface area contributed by atoms with Gasteiger partial charge in [-0.2, -0.15) is 0 Å². The molecular formula is C9H19NO5S2. The van der Waals surface area contributed by atoms with Crippen molar-refractivity contribution in [1.82, 2.24) is 4.72 Å². The van der Waals surface area contributed by atoms with Gasteiger partial charge in [0.1, 0.15) is 9.84 Å². The predicted octanol–water partition coefficient (Wildman–Crippen LogP) is -0.746. The minimum Gasteiger partial charge on any atom is -0.393 e. The zero-order valence-electron chi connectivity index (χ0n) is 9.79. The van der Waals surface area contributed by atoms with E-state index in [1.54, 1.807) is 6.92 Å². The lowest BCUT2D eigenvalue weighted by Gasteiger charge is -2.22. The van der Waals surface area contributed by atoms with Crippen molar-refractivity contribution in [2.24, 2.45) is 0 Å². The Kier molecular flexibility index (Phi) is 4.94. The molecule has 0 aromatic carbocycles. The van der Waals surface area contributed by atoms with Crippen molar-refractivity contribution >= 4 is 19.9 Å². The number of aliphatic hydroxyl groups is 1. The minimum absolute atomic E-state index is 0.0605. The van der Waals surface area contributed by atoms with Crippen LogP contribution in [0.3, 0.4) is 0 Å². The van der Waals surface area contributed by atoms with Crippen LogP contribution in [0.5, 0.6) is 0 Å². The highest BCUT2D eigenvalue weighted by Crippen LogP contribution is 2.18. The van der Waals surface area contributed by atoms with Crippen molar-refractivity contribution in [1.29, 1.82) is 0 Å². The first-order chi connectivity index (χ1) is 7.73. The summed E-state index contributed by atoms with van der Waals surface area (Å²) in [5.74, 6) is -0.121. The summed E-state index contributed by atoms with van der Waals surface area (Å²) < 4.78 is 48.3. The number of nitrogens with one attached hydrogen (secondary N) is 1. The van der Waals surface area contributed by atoms with Crippen LogP contribution in [0.2, 0.25) is 0 Å². The second kappa shape index (κ2) is 5.64. The maximum atomic E-state index is 11.8. The van der Waals surface area contributed by atoms with Crippen LogP contribution in [0.4, 0.5) is 0 Å². The van der Waals surface area contributed by atoms with Crippen LogP contribution in [-0.4, -0.2) is 51.3 Å².